The van der Waals surface area contributed by atoms with Crippen LogP contribution in [0, 0.1) is 0 Å². The van der Waals surface area contributed by atoms with E-state index >= 15 is 0 Å². The van der Waals surface area contributed by atoms with E-state index in [1.807, 2.05) is 0 Å². The lowest BCUT2D eigenvalue weighted by molar-refractivity contribution is 0.660. The van der Waals surface area contributed by atoms with Gasteiger partial charge in [0, 0.05) is 10.8 Å². The Morgan fingerprint density at radius 1 is 0.362 bits per heavy atom. The molecule has 0 radical (unpaired) electrons. The summed E-state index contributed by atoms with van der Waals surface area (Å²) in [6.07, 6.45) is 6.83. The largest absolute Gasteiger partial charge is 0.0836 e. The van der Waals surface area contributed by atoms with Crippen LogP contribution in [0.1, 0.15) is 67.5 Å². The minimum Gasteiger partial charge on any atom is -0.0836 e. The number of hydrogen-bond donors (Lipinski definition) is 0. The molecule has 0 nitrogen and oxygen atoms in total. The highest BCUT2D eigenvalue weighted by atomic mass is 14.4. The first-order chi connectivity index (χ1) is 28.3. The van der Waals surface area contributed by atoms with Gasteiger partial charge in [-0.25, -0.2) is 0 Å². The normalized spacial score (nSPS) is 15.3. The summed E-state index contributed by atoms with van der Waals surface area (Å²) >= 11 is 0. The quantitative estimate of drug-likeness (QED) is 0.158. The Hall–Kier alpha value is -6.50. The number of hydrogen-bond acceptors (Lipinski definition) is 0. The zero-order chi connectivity index (χ0) is 38.9. The van der Waals surface area contributed by atoms with Gasteiger partial charge in [-0.2, -0.15) is 0 Å². The van der Waals surface area contributed by atoms with Crippen molar-refractivity contribution in [1.29, 1.82) is 0 Å². The molecule has 0 heterocycles. The molecule has 58 heavy (non-hydrogen) atoms. The summed E-state index contributed by atoms with van der Waals surface area (Å²) in [7, 11) is 0. The molecule has 0 fully saturated rings. The van der Waals surface area contributed by atoms with Gasteiger partial charge in [-0.3, -0.25) is 0 Å². The monoisotopic (exact) mass is 740 g/mol. The van der Waals surface area contributed by atoms with Gasteiger partial charge in [-0.1, -0.05) is 173 Å². The SMILES string of the molecule is CC1(C)c2ccccc2-c2ccc(-c3ccc4c(-c5cc6c(c7ccccc57)C=CCC6)c5ccccc5c(-c5ccc6c(c5)C(C)(C)c5ccccc5-6)c4c3)cc21. The third kappa shape index (κ3) is 4.58. The Labute approximate surface area is 341 Å². The smallest absolute Gasteiger partial charge is 0.0159 e. The Bertz CT molecular complexity index is 3270. The first-order valence-electron chi connectivity index (χ1n) is 21.0. The van der Waals surface area contributed by atoms with Crippen molar-refractivity contribution < 1.29 is 0 Å². The van der Waals surface area contributed by atoms with E-state index in [9.17, 15) is 0 Å². The van der Waals surface area contributed by atoms with Crippen molar-refractivity contribution in [3.05, 3.63) is 197 Å². The minimum atomic E-state index is -0.0933. The van der Waals surface area contributed by atoms with E-state index in [0.29, 0.717) is 0 Å². The van der Waals surface area contributed by atoms with Gasteiger partial charge in [0.2, 0.25) is 0 Å². The molecule has 9 aromatic rings. The zero-order valence-corrected chi connectivity index (χ0v) is 33.6. The highest BCUT2D eigenvalue weighted by molar-refractivity contribution is 6.24. The first kappa shape index (κ1) is 33.6. The van der Waals surface area contributed by atoms with Gasteiger partial charge in [0.15, 0.2) is 0 Å². The fraction of sp³-hybridized carbons (Fsp3) is 0.138. The van der Waals surface area contributed by atoms with Crippen LogP contribution in [0.5, 0.6) is 0 Å². The molecule has 0 saturated heterocycles. The number of fused-ring (bicyclic) bond motifs is 11. The van der Waals surface area contributed by atoms with Crippen molar-refractivity contribution in [1.82, 2.24) is 0 Å². The van der Waals surface area contributed by atoms with Crippen LogP contribution in [0.3, 0.4) is 0 Å². The maximum Gasteiger partial charge on any atom is 0.0159 e. The second-order valence-corrected chi connectivity index (χ2v) is 17.9. The summed E-state index contributed by atoms with van der Waals surface area (Å²) in [4.78, 5) is 0. The number of rotatable bonds is 3. The Balaban J connectivity index is 1.16. The molecule has 0 aliphatic heterocycles. The van der Waals surface area contributed by atoms with Gasteiger partial charge < -0.3 is 0 Å². The van der Waals surface area contributed by atoms with Crippen molar-refractivity contribution in [2.75, 3.05) is 0 Å². The van der Waals surface area contributed by atoms with Crippen LogP contribution in [-0.4, -0.2) is 0 Å². The summed E-state index contributed by atoms with van der Waals surface area (Å²) < 4.78 is 0. The number of aryl methyl sites for hydroxylation is 1. The molecule has 0 N–H and O–H groups in total. The van der Waals surface area contributed by atoms with Gasteiger partial charge in [0.25, 0.3) is 0 Å². The molecule has 0 heteroatoms. The molecule has 3 aliphatic rings. The summed E-state index contributed by atoms with van der Waals surface area (Å²) in [5, 5.41) is 7.84. The predicted molar refractivity (Wildman–Crippen MR) is 248 cm³/mol. The summed E-state index contributed by atoms with van der Waals surface area (Å²) in [6.45, 7) is 9.54. The van der Waals surface area contributed by atoms with Gasteiger partial charge in [0.1, 0.15) is 0 Å². The zero-order valence-electron chi connectivity index (χ0n) is 33.6. The highest BCUT2D eigenvalue weighted by Crippen LogP contribution is 2.53. The summed E-state index contributed by atoms with van der Waals surface area (Å²) in [5.41, 5.74) is 21.5. The van der Waals surface area contributed by atoms with E-state index in [4.69, 9.17) is 0 Å². The van der Waals surface area contributed by atoms with E-state index in [1.54, 1.807) is 0 Å². The number of allylic oxidation sites excluding steroid dienone is 1. The van der Waals surface area contributed by atoms with Crippen LogP contribution in [0.4, 0.5) is 0 Å². The third-order valence-corrected chi connectivity index (χ3v) is 14.1. The molecule has 0 amide bonds. The van der Waals surface area contributed by atoms with Crippen LogP contribution in [0.25, 0.3) is 94.0 Å². The Kier molecular flexibility index (Phi) is 6.96. The molecule has 276 valence electrons. The van der Waals surface area contributed by atoms with Crippen molar-refractivity contribution >= 4 is 38.4 Å². The van der Waals surface area contributed by atoms with Crippen molar-refractivity contribution in [2.24, 2.45) is 0 Å². The van der Waals surface area contributed by atoms with E-state index in [0.717, 1.165) is 12.8 Å². The fourth-order valence-electron chi connectivity index (χ4n) is 11.2. The molecule has 9 aromatic carbocycles. The molecule has 0 aromatic heterocycles. The molecule has 3 aliphatic carbocycles. The second-order valence-electron chi connectivity index (χ2n) is 17.9. The van der Waals surface area contributed by atoms with Crippen LogP contribution in [0.2, 0.25) is 0 Å². The second kappa shape index (κ2) is 12.0. The minimum absolute atomic E-state index is 0.0647. The van der Waals surface area contributed by atoms with E-state index in [2.05, 4.69) is 198 Å². The Morgan fingerprint density at radius 2 is 0.862 bits per heavy atom. The van der Waals surface area contributed by atoms with Crippen LogP contribution in [-0.2, 0) is 17.3 Å². The molecule has 0 saturated carbocycles. The molecule has 0 bridgehead atoms. The molecule has 0 spiro atoms. The van der Waals surface area contributed by atoms with Crippen LogP contribution < -0.4 is 0 Å². The molecule has 0 unspecified atom stereocenters. The van der Waals surface area contributed by atoms with E-state index in [-0.39, 0.29) is 10.8 Å². The van der Waals surface area contributed by atoms with Gasteiger partial charge in [-0.05, 0) is 158 Å². The molecule has 12 rings (SSSR count). The average Bonchev–Trinajstić information content (AvgIpc) is 3.64. The fourth-order valence-corrected chi connectivity index (χ4v) is 11.2. The summed E-state index contributed by atoms with van der Waals surface area (Å²) in [5.74, 6) is 0. The average molecular weight is 741 g/mol. The van der Waals surface area contributed by atoms with E-state index in [1.165, 1.54) is 121 Å². The van der Waals surface area contributed by atoms with Crippen molar-refractivity contribution in [3.63, 3.8) is 0 Å². The maximum atomic E-state index is 2.52. The lowest BCUT2D eigenvalue weighted by atomic mass is 9.79. The molecular formula is C58H44. The van der Waals surface area contributed by atoms with Crippen LogP contribution in [0.15, 0.2) is 164 Å². The topological polar surface area (TPSA) is 0 Å². The lowest BCUT2D eigenvalue weighted by Gasteiger charge is -2.24. The highest BCUT2D eigenvalue weighted by Gasteiger charge is 2.37. The standard InChI is InChI=1S/C58H44/c1-57(2)51-23-13-11-19-42(51)44-28-25-36(33-53(44)57)35-26-30-48-50(31-35)55(38-27-29-45-43-20-12-14-24-52(43)58(3,4)54(45)34-38)46-21-9-10-22-47(46)56(48)49-32-37-15-5-6-16-39(37)40-17-7-8-18-41(40)49/h6-14,16-34H,5,15H2,1-4H3. The maximum absolute atomic E-state index is 2.52. The van der Waals surface area contributed by atoms with Gasteiger partial charge >= 0.3 is 0 Å². The number of benzene rings is 9. The predicted octanol–water partition coefficient (Wildman–Crippen LogP) is 15.7. The van der Waals surface area contributed by atoms with Crippen LogP contribution >= 0.6 is 0 Å². The van der Waals surface area contributed by atoms with Crippen molar-refractivity contribution in [2.45, 2.75) is 51.4 Å². The van der Waals surface area contributed by atoms with E-state index < -0.39 is 0 Å². The third-order valence-electron chi connectivity index (χ3n) is 14.1. The summed E-state index contributed by atoms with van der Waals surface area (Å²) in [6, 6.07) is 60.5. The molecular weight excluding hydrogens is 697 g/mol. The van der Waals surface area contributed by atoms with Gasteiger partial charge in [0.05, 0.1) is 0 Å². The first-order valence-corrected chi connectivity index (χ1v) is 21.0. The lowest BCUT2D eigenvalue weighted by Crippen LogP contribution is -2.15. The molecule has 0 atom stereocenters. The van der Waals surface area contributed by atoms with Crippen molar-refractivity contribution in [3.8, 4) is 55.6 Å². The van der Waals surface area contributed by atoms with Gasteiger partial charge in [-0.15, -0.1) is 0 Å². The Morgan fingerprint density at radius 3 is 1.55 bits per heavy atom.